The Kier molecular flexibility index (Phi) is 5.82. The third-order valence-corrected chi connectivity index (χ3v) is 3.66. The van der Waals surface area contributed by atoms with Crippen molar-refractivity contribution in [1.29, 1.82) is 0 Å². The third-order valence-electron chi connectivity index (χ3n) is 3.66. The van der Waals surface area contributed by atoms with Gasteiger partial charge in [0.15, 0.2) is 0 Å². The van der Waals surface area contributed by atoms with Crippen molar-refractivity contribution in [3.05, 3.63) is 17.0 Å². The van der Waals surface area contributed by atoms with Gasteiger partial charge in [-0.3, -0.25) is 4.68 Å². The summed E-state index contributed by atoms with van der Waals surface area (Å²) in [5.41, 5.74) is 3.64. The second-order valence-electron chi connectivity index (χ2n) is 4.97. The molecule has 4 heteroatoms. The highest BCUT2D eigenvalue weighted by atomic mass is 16.3. The highest BCUT2D eigenvalue weighted by molar-refractivity contribution is 5.28. The number of aromatic nitrogens is 2. The number of aryl methyl sites for hydroxylation is 2. The first-order valence-corrected chi connectivity index (χ1v) is 6.92. The van der Waals surface area contributed by atoms with Gasteiger partial charge < -0.3 is 10.4 Å². The zero-order valence-electron chi connectivity index (χ0n) is 12.3. The summed E-state index contributed by atoms with van der Waals surface area (Å²) < 4.78 is 1.94. The third kappa shape index (κ3) is 3.56. The number of rotatable bonds is 7. The number of nitrogens with zero attached hydrogens (tertiary/aromatic N) is 2. The van der Waals surface area contributed by atoms with Crippen molar-refractivity contribution in [3.8, 4) is 0 Å². The highest BCUT2D eigenvalue weighted by Crippen LogP contribution is 2.23. The number of hydrogen-bond acceptors (Lipinski definition) is 3. The van der Waals surface area contributed by atoms with Gasteiger partial charge in [-0.1, -0.05) is 13.8 Å². The first-order chi connectivity index (χ1) is 8.51. The van der Waals surface area contributed by atoms with E-state index in [9.17, 15) is 5.11 Å². The fraction of sp³-hybridized carbons (Fsp3) is 0.786. The molecule has 0 radical (unpaired) electrons. The van der Waals surface area contributed by atoms with Crippen LogP contribution < -0.4 is 5.32 Å². The Morgan fingerprint density at radius 3 is 2.39 bits per heavy atom. The van der Waals surface area contributed by atoms with Crippen LogP contribution >= 0.6 is 0 Å². The van der Waals surface area contributed by atoms with Gasteiger partial charge >= 0.3 is 0 Å². The maximum atomic E-state index is 9.57. The minimum absolute atomic E-state index is 0.189. The maximum Gasteiger partial charge on any atom is 0.0644 e. The molecule has 0 aromatic carbocycles. The van der Waals surface area contributed by atoms with Gasteiger partial charge in [0.1, 0.15) is 0 Å². The average Bonchev–Trinajstić information content (AvgIpc) is 2.60. The topological polar surface area (TPSA) is 50.1 Å². The fourth-order valence-electron chi connectivity index (χ4n) is 2.37. The predicted octanol–water partition coefficient (Wildman–Crippen LogP) is 2.24. The van der Waals surface area contributed by atoms with E-state index in [0.717, 1.165) is 31.5 Å². The first-order valence-electron chi connectivity index (χ1n) is 6.92. The second-order valence-corrected chi connectivity index (χ2v) is 4.97. The Morgan fingerprint density at radius 2 is 1.94 bits per heavy atom. The Balaban J connectivity index is 2.66. The van der Waals surface area contributed by atoms with Crippen LogP contribution in [-0.2, 0) is 7.05 Å². The summed E-state index contributed by atoms with van der Waals surface area (Å²) in [7, 11) is 1.99. The molecule has 1 heterocycles. The lowest BCUT2D eigenvalue weighted by Gasteiger charge is -2.19. The molecule has 104 valence electrons. The van der Waals surface area contributed by atoms with E-state index >= 15 is 0 Å². The minimum Gasteiger partial charge on any atom is -0.393 e. The van der Waals surface area contributed by atoms with Gasteiger partial charge in [0.2, 0.25) is 0 Å². The molecule has 4 nitrogen and oxygen atoms in total. The molecule has 0 amide bonds. The smallest absolute Gasteiger partial charge is 0.0644 e. The van der Waals surface area contributed by atoms with Crippen LogP contribution in [0.5, 0.6) is 0 Å². The Morgan fingerprint density at radius 1 is 1.28 bits per heavy atom. The van der Waals surface area contributed by atoms with Crippen molar-refractivity contribution in [3.63, 3.8) is 0 Å². The highest BCUT2D eigenvalue weighted by Gasteiger charge is 2.18. The van der Waals surface area contributed by atoms with E-state index in [1.165, 1.54) is 11.3 Å². The standard InChI is InChI=1S/C14H27N3O/c1-6-12(18)8-9-15-13(7-2)14-10(3)16-17(5)11(14)4/h12-13,15,18H,6-9H2,1-5H3. The minimum atomic E-state index is -0.189. The van der Waals surface area contributed by atoms with E-state index < -0.39 is 0 Å². The lowest BCUT2D eigenvalue weighted by Crippen LogP contribution is -2.25. The molecule has 2 atom stereocenters. The molecule has 0 fully saturated rings. The molecule has 0 saturated heterocycles. The van der Waals surface area contributed by atoms with E-state index in [0.29, 0.717) is 6.04 Å². The van der Waals surface area contributed by atoms with Gasteiger partial charge in [0.05, 0.1) is 11.8 Å². The van der Waals surface area contributed by atoms with Gasteiger partial charge in [-0.15, -0.1) is 0 Å². The lowest BCUT2D eigenvalue weighted by molar-refractivity contribution is 0.158. The van der Waals surface area contributed by atoms with Gasteiger partial charge in [-0.2, -0.15) is 5.10 Å². The van der Waals surface area contributed by atoms with Crippen LogP contribution in [0.15, 0.2) is 0 Å². The van der Waals surface area contributed by atoms with Crippen molar-refractivity contribution in [2.24, 2.45) is 7.05 Å². The van der Waals surface area contributed by atoms with Crippen molar-refractivity contribution in [2.75, 3.05) is 6.54 Å². The zero-order chi connectivity index (χ0) is 13.7. The molecule has 2 N–H and O–H groups in total. The van der Waals surface area contributed by atoms with Crippen LogP contribution in [0.1, 0.15) is 56.1 Å². The van der Waals surface area contributed by atoms with Crippen LogP contribution in [0.3, 0.4) is 0 Å². The van der Waals surface area contributed by atoms with Crippen LogP contribution in [0.25, 0.3) is 0 Å². The summed E-state index contributed by atoms with van der Waals surface area (Å²) in [5.74, 6) is 0. The van der Waals surface area contributed by atoms with E-state index in [1.54, 1.807) is 0 Å². The zero-order valence-corrected chi connectivity index (χ0v) is 12.3. The van der Waals surface area contributed by atoms with Crippen LogP contribution in [-0.4, -0.2) is 27.5 Å². The molecule has 0 bridgehead atoms. The van der Waals surface area contributed by atoms with Gasteiger partial charge in [0, 0.05) is 24.3 Å². The molecule has 0 saturated carbocycles. The second kappa shape index (κ2) is 6.90. The molecule has 2 unspecified atom stereocenters. The van der Waals surface area contributed by atoms with E-state index in [-0.39, 0.29) is 6.10 Å². The van der Waals surface area contributed by atoms with Gasteiger partial charge in [-0.05, 0) is 39.7 Å². The van der Waals surface area contributed by atoms with Gasteiger partial charge in [0.25, 0.3) is 0 Å². The summed E-state index contributed by atoms with van der Waals surface area (Å²) in [5, 5.41) is 17.6. The first kappa shape index (κ1) is 15.2. The van der Waals surface area contributed by atoms with Gasteiger partial charge in [-0.25, -0.2) is 0 Å². The quantitative estimate of drug-likeness (QED) is 0.783. The molecule has 0 aliphatic carbocycles. The van der Waals surface area contributed by atoms with Crippen LogP contribution in [0.4, 0.5) is 0 Å². The lowest BCUT2D eigenvalue weighted by atomic mass is 10.0. The summed E-state index contributed by atoms with van der Waals surface area (Å²) in [4.78, 5) is 0. The molecule has 0 aliphatic rings. The number of aliphatic hydroxyl groups excluding tert-OH is 1. The molecule has 1 aromatic heterocycles. The summed E-state index contributed by atoms with van der Waals surface area (Å²) in [6.07, 6.45) is 2.48. The van der Waals surface area contributed by atoms with Crippen molar-refractivity contribution < 1.29 is 5.11 Å². The largest absolute Gasteiger partial charge is 0.393 e. The Bertz CT molecular complexity index is 373. The molecule has 18 heavy (non-hydrogen) atoms. The number of nitrogens with one attached hydrogen (secondary N) is 1. The van der Waals surface area contributed by atoms with E-state index in [4.69, 9.17) is 0 Å². The normalized spacial score (nSPS) is 14.8. The van der Waals surface area contributed by atoms with Crippen molar-refractivity contribution in [2.45, 2.75) is 59.1 Å². The van der Waals surface area contributed by atoms with Crippen molar-refractivity contribution in [1.82, 2.24) is 15.1 Å². The molecule has 1 rings (SSSR count). The Labute approximate surface area is 110 Å². The molecular weight excluding hydrogens is 226 g/mol. The van der Waals surface area contributed by atoms with Crippen LogP contribution in [0.2, 0.25) is 0 Å². The molecular formula is C14H27N3O. The van der Waals surface area contributed by atoms with Crippen LogP contribution in [0, 0.1) is 13.8 Å². The number of aliphatic hydroxyl groups is 1. The number of hydrogen-bond donors (Lipinski definition) is 2. The molecule has 0 aliphatic heterocycles. The SMILES string of the molecule is CCC(O)CCNC(CC)c1c(C)nn(C)c1C. The summed E-state index contributed by atoms with van der Waals surface area (Å²) >= 11 is 0. The molecule has 1 aromatic rings. The maximum absolute atomic E-state index is 9.57. The molecule has 0 spiro atoms. The van der Waals surface area contributed by atoms with E-state index in [2.05, 4.69) is 31.2 Å². The monoisotopic (exact) mass is 253 g/mol. The summed E-state index contributed by atoms with van der Waals surface area (Å²) in [6, 6.07) is 0.336. The average molecular weight is 253 g/mol. The Hall–Kier alpha value is -0.870. The van der Waals surface area contributed by atoms with Crippen molar-refractivity contribution >= 4 is 0 Å². The fourth-order valence-corrected chi connectivity index (χ4v) is 2.37. The predicted molar refractivity (Wildman–Crippen MR) is 74.6 cm³/mol. The summed E-state index contributed by atoms with van der Waals surface area (Å²) in [6.45, 7) is 9.21. The van der Waals surface area contributed by atoms with E-state index in [1.807, 2.05) is 18.7 Å².